The van der Waals surface area contributed by atoms with E-state index in [2.05, 4.69) is 89.2 Å². The molecule has 2 unspecified atom stereocenters. The minimum Gasteiger partial charge on any atom is -0.459 e. The highest BCUT2D eigenvalue weighted by Crippen LogP contribution is 2.48. The highest BCUT2D eigenvalue weighted by atomic mass is 32.2. The number of piperidine rings is 4. The van der Waals surface area contributed by atoms with Crippen LogP contribution in [0.25, 0.3) is 10.9 Å². The normalized spacial score (nSPS) is 25.6. The molecular weight excluding hydrogens is 568 g/mol. The number of benzene rings is 3. The molecule has 6 heterocycles. The van der Waals surface area contributed by atoms with Crippen LogP contribution in [0.4, 0.5) is 11.4 Å². The third-order valence-electron chi connectivity index (χ3n) is 9.86. The van der Waals surface area contributed by atoms with Crippen LogP contribution in [-0.4, -0.2) is 78.0 Å². The van der Waals surface area contributed by atoms with Crippen LogP contribution in [0.5, 0.6) is 0 Å². The van der Waals surface area contributed by atoms with Gasteiger partial charge in [-0.2, -0.15) is 0 Å². The lowest BCUT2D eigenvalue weighted by atomic mass is 9.72. The number of rotatable bonds is 5. The molecule has 4 aromatic rings. The molecule has 4 fully saturated rings. The molecule has 5 aliphatic rings. The predicted molar refractivity (Wildman–Crippen MR) is 176 cm³/mol. The first-order valence-corrected chi connectivity index (χ1v) is 16.5. The Morgan fingerprint density at radius 2 is 1.55 bits per heavy atom. The van der Waals surface area contributed by atoms with Gasteiger partial charge >= 0.3 is 5.97 Å². The quantitative estimate of drug-likeness (QED) is 0.251. The topological polar surface area (TPSA) is 68.9 Å². The Labute approximate surface area is 263 Å². The first-order valence-electron chi connectivity index (χ1n) is 15.7. The van der Waals surface area contributed by atoms with Crippen molar-refractivity contribution in [1.82, 2.24) is 14.8 Å². The van der Waals surface area contributed by atoms with E-state index >= 15 is 0 Å². The number of Topliss-reactive ketones (excluding diaryl/α,β-unsaturated/α-hetero) is 1. The summed E-state index contributed by atoms with van der Waals surface area (Å²) in [5.74, 6) is 0.403. The van der Waals surface area contributed by atoms with Gasteiger partial charge in [0.05, 0.1) is 23.5 Å². The number of esters is 1. The van der Waals surface area contributed by atoms with Crippen LogP contribution in [0.1, 0.15) is 43.0 Å². The zero-order chi connectivity index (χ0) is 30.4. The highest BCUT2D eigenvalue weighted by Gasteiger charge is 2.49. The van der Waals surface area contributed by atoms with Crippen molar-refractivity contribution in [1.29, 1.82) is 0 Å². The summed E-state index contributed by atoms with van der Waals surface area (Å²) in [7, 11) is 4.28. The second kappa shape index (κ2) is 12.1. The summed E-state index contributed by atoms with van der Waals surface area (Å²) in [4.78, 5) is 37.4. The molecule has 9 rings (SSSR count). The summed E-state index contributed by atoms with van der Waals surface area (Å²) in [5.41, 5.74) is 4.21. The van der Waals surface area contributed by atoms with Crippen molar-refractivity contribution in [2.75, 3.05) is 32.1 Å². The maximum Gasteiger partial charge on any atom is 0.340 e. The summed E-state index contributed by atoms with van der Waals surface area (Å²) in [6.07, 6.45) is 5.29. The van der Waals surface area contributed by atoms with Gasteiger partial charge in [-0.3, -0.25) is 9.69 Å². The number of likely N-dealkylation sites (N-methyl/N-ethyl adjacent to an activating group) is 1. The van der Waals surface area contributed by atoms with E-state index in [1.54, 1.807) is 6.20 Å². The molecular formula is C36H40N4O3S. The number of hydrogen-bond donors (Lipinski definition) is 1. The number of aromatic nitrogens is 1. The fourth-order valence-electron chi connectivity index (χ4n) is 7.28. The van der Waals surface area contributed by atoms with E-state index in [1.807, 2.05) is 36.0 Å². The van der Waals surface area contributed by atoms with Crippen molar-refractivity contribution in [3.8, 4) is 0 Å². The number of carbonyl (C=O) groups is 2. The van der Waals surface area contributed by atoms with E-state index in [4.69, 9.17) is 4.74 Å². The standard InChI is InChI=1S/C19H20N2O3.C17H20N2S/c22-18-10-21-12-5-11(18)6-13(21)8-14(7-12)24-19(23)16-9-20-17-4-2-1-3-15(16)17;1-13(18(2)3)12-19-14-8-4-6-10-16(14)20-17-11-7-5-9-15(17)19/h1-4,9,11-14,20H,5-8,10H2;4-11,13H,12H2,1-3H3/t11-,12+,13-,14-;. The van der Waals surface area contributed by atoms with Crippen LogP contribution in [-0.2, 0) is 9.53 Å². The van der Waals surface area contributed by atoms with Crippen molar-refractivity contribution in [2.45, 2.75) is 66.6 Å². The molecule has 0 saturated carbocycles. The Bertz CT molecular complexity index is 1620. The van der Waals surface area contributed by atoms with Gasteiger partial charge in [0.25, 0.3) is 0 Å². The Balaban J connectivity index is 0.000000145. The molecule has 1 N–H and O–H groups in total. The monoisotopic (exact) mass is 608 g/mol. The Morgan fingerprint density at radius 1 is 0.932 bits per heavy atom. The number of ether oxygens (including phenoxy) is 1. The van der Waals surface area contributed by atoms with Gasteiger partial charge in [0.1, 0.15) is 11.9 Å². The van der Waals surface area contributed by atoms with Crippen molar-refractivity contribution < 1.29 is 14.3 Å². The number of para-hydroxylation sites is 3. The molecule has 7 nitrogen and oxygen atoms in total. The van der Waals surface area contributed by atoms with Gasteiger partial charge in [0, 0.05) is 70.3 Å². The minimum atomic E-state index is -0.242. The van der Waals surface area contributed by atoms with Gasteiger partial charge in [0.2, 0.25) is 0 Å². The first-order chi connectivity index (χ1) is 21.4. The van der Waals surface area contributed by atoms with Gasteiger partial charge in [-0.25, -0.2) is 4.79 Å². The van der Waals surface area contributed by atoms with Crippen LogP contribution >= 0.6 is 11.8 Å². The summed E-state index contributed by atoms with van der Waals surface area (Å²) in [5, 5.41) is 0.909. The molecule has 8 heteroatoms. The van der Waals surface area contributed by atoms with Gasteiger partial charge < -0.3 is 19.5 Å². The van der Waals surface area contributed by atoms with Crippen molar-refractivity contribution in [2.24, 2.45) is 5.92 Å². The van der Waals surface area contributed by atoms with Gasteiger partial charge in [-0.05, 0) is 64.2 Å². The lowest BCUT2D eigenvalue weighted by Gasteiger charge is -2.54. The molecule has 6 atom stereocenters. The zero-order valence-electron chi connectivity index (χ0n) is 25.6. The number of nitrogens with one attached hydrogen (secondary N) is 1. The third-order valence-corrected chi connectivity index (χ3v) is 11.0. The molecule has 0 amide bonds. The fraction of sp³-hybridized carbons (Fsp3) is 0.389. The molecule has 3 aromatic carbocycles. The van der Waals surface area contributed by atoms with E-state index < -0.39 is 0 Å². The maximum absolute atomic E-state index is 12.6. The third kappa shape index (κ3) is 5.55. The number of carbonyl (C=O) groups excluding carboxylic acids is 2. The average molecular weight is 609 g/mol. The number of ketones is 1. The molecule has 0 spiro atoms. The van der Waals surface area contributed by atoms with Crippen molar-refractivity contribution >= 4 is 45.8 Å². The predicted octanol–water partition coefficient (Wildman–Crippen LogP) is 6.76. The van der Waals surface area contributed by atoms with Crippen LogP contribution in [0, 0.1) is 5.92 Å². The molecule has 4 saturated heterocycles. The Kier molecular flexibility index (Phi) is 7.99. The number of nitrogens with zero attached hydrogens (tertiary/aromatic N) is 3. The van der Waals surface area contributed by atoms with Gasteiger partial charge in [-0.1, -0.05) is 54.2 Å². The lowest BCUT2D eigenvalue weighted by molar-refractivity contribution is -0.145. The molecule has 0 aliphatic carbocycles. The van der Waals surface area contributed by atoms with Gasteiger partial charge in [0.15, 0.2) is 0 Å². The molecule has 4 bridgehead atoms. The van der Waals surface area contributed by atoms with Crippen molar-refractivity contribution in [3.05, 3.63) is 84.6 Å². The fourth-order valence-corrected chi connectivity index (χ4v) is 8.37. The molecule has 0 radical (unpaired) electrons. The second-order valence-electron chi connectivity index (χ2n) is 12.8. The number of anilines is 2. The Hall–Kier alpha value is -3.59. The van der Waals surface area contributed by atoms with E-state index in [1.165, 1.54) is 21.2 Å². The van der Waals surface area contributed by atoms with E-state index in [9.17, 15) is 9.59 Å². The van der Waals surface area contributed by atoms with Crippen LogP contribution in [0.2, 0.25) is 0 Å². The Morgan fingerprint density at radius 3 is 2.18 bits per heavy atom. The summed E-state index contributed by atoms with van der Waals surface area (Å²) in [6.45, 7) is 3.87. The second-order valence-corrected chi connectivity index (χ2v) is 13.9. The van der Waals surface area contributed by atoms with E-state index in [-0.39, 0.29) is 18.0 Å². The SMILES string of the molecule is CC(CN1c2ccccc2Sc2ccccc21)N(C)C.O=C(O[C@@H]1C[C@@H]2C[C@@H]3C[C@H](C1)N2CC3=O)c1c[nH]c2ccccc12. The summed E-state index contributed by atoms with van der Waals surface area (Å²) >= 11 is 1.87. The van der Waals surface area contributed by atoms with Gasteiger partial charge in [-0.15, -0.1) is 0 Å². The largest absolute Gasteiger partial charge is 0.459 e. The van der Waals surface area contributed by atoms with E-state index in [0.29, 0.717) is 36.0 Å². The van der Waals surface area contributed by atoms with Crippen LogP contribution in [0.15, 0.2) is 88.8 Å². The maximum atomic E-state index is 12.6. The lowest BCUT2D eigenvalue weighted by Crippen LogP contribution is -2.63. The number of hydrogen-bond acceptors (Lipinski definition) is 7. The summed E-state index contributed by atoms with van der Waals surface area (Å²) in [6, 6.07) is 26.4. The van der Waals surface area contributed by atoms with Crippen LogP contribution < -0.4 is 4.90 Å². The molecule has 44 heavy (non-hydrogen) atoms. The number of fused-ring (bicyclic) bond motifs is 4. The number of aromatic amines is 1. The molecule has 1 aromatic heterocycles. The van der Waals surface area contributed by atoms with E-state index in [0.717, 1.165) is 43.1 Å². The van der Waals surface area contributed by atoms with Crippen LogP contribution in [0.3, 0.4) is 0 Å². The highest BCUT2D eigenvalue weighted by molar-refractivity contribution is 7.99. The zero-order valence-corrected chi connectivity index (χ0v) is 26.4. The minimum absolute atomic E-state index is 0.0356. The van der Waals surface area contributed by atoms with Crippen molar-refractivity contribution in [3.63, 3.8) is 0 Å². The molecule has 228 valence electrons. The number of H-pyrrole nitrogens is 1. The average Bonchev–Trinajstić information content (AvgIpc) is 3.46. The summed E-state index contributed by atoms with van der Waals surface area (Å²) < 4.78 is 5.84. The smallest absolute Gasteiger partial charge is 0.340 e. The first kappa shape index (κ1) is 29.1. The molecule has 5 aliphatic heterocycles.